The SMILES string of the molecule is CC(C)(C)COCOP1(=O)OC[C@H]2C[C@@H](n3cnc4c(N)ncnc43)C(F)C2OP(=O)(OCOC(=O)C(C)(C)C)OC[C@H]2O[C@@H](n3cnc4c(N)ncnc43)C(F)C2O1. The molecule has 3 fully saturated rings. The molecule has 0 aromatic carbocycles. The number of nitrogens with zero attached hydrogens (tertiary/aromatic N) is 8. The Morgan fingerprint density at radius 1 is 0.814 bits per heavy atom. The van der Waals surface area contributed by atoms with Crippen LogP contribution in [0, 0.1) is 16.7 Å². The molecular formula is C33H46F2N10O12P2. The minimum absolute atomic E-state index is 0.00904. The Kier molecular flexibility index (Phi) is 12.1. The van der Waals surface area contributed by atoms with Gasteiger partial charge in [-0.2, -0.15) is 0 Å². The van der Waals surface area contributed by atoms with Crippen molar-refractivity contribution in [3.63, 3.8) is 0 Å². The summed E-state index contributed by atoms with van der Waals surface area (Å²) in [5.74, 6) is -1.76. The zero-order chi connectivity index (χ0) is 42.5. The van der Waals surface area contributed by atoms with Crippen molar-refractivity contribution in [3.8, 4) is 0 Å². The van der Waals surface area contributed by atoms with Crippen molar-refractivity contribution in [1.82, 2.24) is 39.0 Å². The van der Waals surface area contributed by atoms with E-state index in [2.05, 4.69) is 29.9 Å². The van der Waals surface area contributed by atoms with Crippen LogP contribution >= 0.6 is 15.6 Å². The van der Waals surface area contributed by atoms with Crippen LogP contribution in [0.3, 0.4) is 0 Å². The number of fused-ring (bicyclic) bond motifs is 4. The van der Waals surface area contributed by atoms with E-state index >= 15 is 8.78 Å². The lowest BCUT2D eigenvalue weighted by Gasteiger charge is -2.31. The first-order valence-corrected chi connectivity index (χ1v) is 21.4. The number of aromatic nitrogens is 8. The van der Waals surface area contributed by atoms with E-state index in [1.165, 1.54) is 28.1 Å². The first kappa shape index (κ1) is 43.3. The van der Waals surface area contributed by atoms with Gasteiger partial charge < -0.3 is 30.2 Å². The predicted octanol–water partition coefficient (Wildman–Crippen LogP) is 4.60. The van der Waals surface area contributed by atoms with E-state index in [4.69, 9.17) is 52.8 Å². The second-order valence-corrected chi connectivity index (χ2v) is 19.6. The molecule has 22 nitrogen and oxygen atoms in total. The van der Waals surface area contributed by atoms with Crippen LogP contribution in [0.4, 0.5) is 20.4 Å². The second kappa shape index (κ2) is 16.6. The highest BCUT2D eigenvalue weighted by atomic mass is 31.2. The molecule has 0 amide bonds. The third-order valence-electron chi connectivity index (χ3n) is 9.55. The Balaban J connectivity index is 1.23. The minimum Gasteiger partial charge on any atom is -0.437 e. The average molecular weight is 875 g/mol. The summed E-state index contributed by atoms with van der Waals surface area (Å²) in [6.07, 6.45) is -6.08. The minimum atomic E-state index is -4.98. The maximum absolute atomic E-state index is 16.9. The molecule has 59 heavy (non-hydrogen) atoms. The molecule has 2 aliphatic heterocycles. The number of carbonyl (C=O) groups excluding carboxylic acids is 1. The maximum Gasteiger partial charge on any atom is 0.478 e. The summed E-state index contributed by atoms with van der Waals surface area (Å²) < 4.78 is 117. The molecule has 1 aliphatic carbocycles. The number of halogens is 2. The van der Waals surface area contributed by atoms with Crippen LogP contribution in [-0.4, -0.2) is 109 Å². The highest BCUT2D eigenvalue weighted by molar-refractivity contribution is 7.48. The Hall–Kier alpha value is -3.83. The molecule has 0 spiro atoms. The smallest absolute Gasteiger partial charge is 0.437 e. The van der Waals surface area contributed by atoms with Crippen LogP contribution in [-0.2, 0) is 55.3 Å². The molecule has 324 valence electrons. The third-order valence-corrected chi connectivity index (χ3v) is 12.3. The molecule has 26 heteroatoms. The average Bonchev–Trinajstić information content (AvgIpc) is 3.93. The van der Waals surface area contributed by atoms with Gasteiger partial charge in [0.2, 0.25) is 6.79 Å². The van der Waals surface area contributed by atoms with E-state index in [9.17, 15) is 13.9 Å². The van der Waals surface area contributed by atoms with Gasteiger partial charge in [-0.1, -0.05) is 20.8 Å². The van der Waals surface area contributed by atoms with Crippen molar-refractivity contribution in [1.29, 1.82) is 0 Å². The van der Waals surface area contributed by atoms with Gasteiger partial charge in [0, 0.05) is 5.92 Å². The first-order valence-electron chi connectivity index (χ1n) is 18.5. The molecule has 2 saturated heterocycles. The molecule has 6 heterocycles. The fraction of sp³-hybridized carbons (Fsp3) is 0.667. The molecule has 10 atom stereocenters. The number of nitrogen functional groups attached to an aromatic ring is 2. The number of carbonyl (C=O) groups is 1. The van der Waals surface area contributed by atoms with Gasteiger partial charge in [-0.3, -0.25) is 32.0 Å². The highest BCUT2D eigenvalue weighted by Crippen LogP contribution is 2.59. The van der Waals surface area contributed by atoms with Crippen LogP contribution in [0.1, 0.15) is 60.2 Å². The van der Waals surface area contributed by atoms with Gasteiger partial charge in [0.25, 0.3) is 0 Å². The maximum atomic E-state index is 16.9. The summed E-state index contributed by atoms with van der Waals surface area (Å²) >= 11 is 0. The largest absolute Gasteiger partial charge is 0.478 e. The Bertz CT molecular complexity index is 2260. The molecule has 4 N–H and O–H groups in total. The van der Waals surface area contributed by atoms with Gasteiger partial charge in [0.15, 0.2) is 42.1 Å². The number of nitrogens with two attached hydrogens (primary N) is 2. The van der Waals surface area contributed by atoms with Crippen molar-refractivity contribution in [2.24, 2.45) is 16.7 Å². The number of anilines is 2. The fourth-order valence-electron chi connectivity index (χ4n) is 6.63. The van der Waals surface area contributed by atoms with E-state index in [1.807, 2.05) is 20.8 Å². The van der Waals surface area contributed by atoms with Crippen molar-refractivity contribution in [2.75, 3.05) is 44.9 Å². The molecule has 4 aromatic heterocycles. The zero-order valence-corrected chi connectivity index (χ0v) is 34.7. The van der Waals surface area contributed by atoms with E-state index in [0.717, 1.165) is 6.33 Å². The number of hydrogen-bond acceptors (Lipinski definition) is 20. The Labute approximate surface area is 336 Å². The van der Waals surface area contributed by atoms with Crippen LogP contribution in [0.2, 0.25) is 0 Å². The Morgan fingerprint density at radius 3 is 2.02 bits per heavy atom. The van der Waals surface area contributed by atoms with Crippen molar-refractivity contribution in [3.05, 3.63) is 25.3 Å². The first-order chi connectivity index (χ1) is 27.8. The molecule has 3 aliphatic rings. The number of phosphoric ester groups is 2. The Morgan fingerprint density at radius 2 is 1.39 bits per heavy atom. The monoisotopic (exact) mass is 874 g/mol. The number of alkyl halides is 2. The molecule has 0 radical (unpaired) electrons. The normalized spacial score (nSPS) is 32.1. The fourth-order valence-corrected chi connectivity index (χ4v) is 9.25. The molecular weight excluding hydrogens is 828 g/mol. The lowest BCUT2D eigenvalue weighted by molar-refractivity contribution is -0.161. The predicted molar refractivity (Wildman–Crippen MR) is 200 cm³/mol. The molecule has 0 bridgehead atoms. The van der Waals surface area contributed by atoms with E-state index < -0.39 is 103 Å². The number of phosphoric acid groups is 2. The highest BCUT2D eigenvalue weighted by Gasteiger charge is 2.55. The third kappa shape index (κ3) is 9.26. The van der Waals surface area contributed by atoms with Crippen LogP contribution in [0.5, 0.6) is 0 Å². The molecule has 1 saturated carbocycles. The van der Waals surface area contributed by atoms with Crippen molar-refractivity contribution >= 4 is 55.6 Å². The van der Waals surface area contributed by atoms with Crippen LogP contribution in [0.25, 0.3) is 22.3 Å². The lowest BCUT2D eigenvalue weighted by atomic mass is 9.98. The van der Waals surface area contributed by atoms with Crippen LogP contribution < -0.4 is 11.5 Å². The number of imidazole rings is 2. The summed E-state index contributed by atoms with van der Waals surface area (Å²) in [4.78, 5) is 37.2. The number of ether oxygens (including phenoxy) is 3. The van der Waals surface area contributed by atoms with E-state index in [1.54, 1.807) is 20.8 Å². The van der Waals surface area contributed by atoms with Gasteiger partial charge in [-0.25, -0.2) is 52.3 Å². The number of hydrogen-bond donors (Lipinski definition) is 2. The molecule has 4 aromatic rings. The lowest BCUT2D eigenvalue weighted by Crippen LogP contribution is -2.36. The van der Waals surface area contributed by atoms with Gasteiger partial charge >= 0.3 is 21.6 Å². The van der Waals surface area contributed by atoms with E-state index in [0.29, 0.717) is 0 Å². The van der Waals surface area contributed by atoms with Gasteiger partial charge in [-0.15, -0.1) is 0 Å². The molecule has 6 unspecified atom stereocenters. The van der Waals surface area contributed by atoms with Gasteiger partial charge in [-0.05, 0) is 32.6 Å². The summed E-state index contributed by atoms with van der Waals surface area (Å²) in [5, 5.41) is 0. The summed E-state index contributed by atoms with van der Waals surface area (Å²) in [7, 11) is -9.83. The van der Waals surface area contributed by atoms with Gasteiger partial charge in [0.1, 0.15) is 48.2 Å². The quantitative estimate of drug-likeness (QED) is 0.101. The van der Waals surface area contributed by atoms with Gasteiger partial charge in [0.05, 0.1) is 43.9 Å². The second-order valence-electron chi connectivity index (χ2n) is 16.4. The van der Waals surface area contributed by atoms with Crippen molar-refractivity contribution < 1.29 is 64.1 Å². The summed E-state index contributed by atoms with van der Waals surface area (Å²) in [6.45, 7) is 7.60. The van der Waals surface area contributed by atoms with E-state index in [-0.39, 0.29) is 52.4 Å². The number of esters is 1. The van der Waals surface area contributed by atoms with Crippen molar-refractivity contribution in [2.45, 2.75) is 90.9 Å². The molecule has 7 rings (SSSR count). The number of rotatable bonds is 9. The zero-order valence-electron chi connectivity index (χ0n) is 33.0. The summed E-state index contributed by atoms with van der Waals surface area (Å²) in [6, 6.07) is -1.11. The van der Waals surface area contributed by atoms with Crippen LogP contribution in [0.15, 0.2) is 25.3 Å². The topological polar surface area (TPSA) is 274 Å². The summed E-state index contributed by atoms with van der Waals surface area (Å²) in [5.41, 5.74) is 11.3. The standard InChI is InChI=1S/C33H46F2N10O12P2/c1-32(2,3)10-49-15-53-58(47)51-8-17-7-18(44-13-42-22-26(36)38-11-40-28(22)44)20(34)24(17)56-59(48,54-16-50-31(46)33(4,5)6)52-9-19-25(57-58)21(35)30(55-19)45-14-43-23-27(37)39-12-41-29(23)45/h11-14,17-21,24-25,30H,7-10,15-16H2,1-6H3,(H2,36,38,40)(H2,37,39,41)/t17-,18-,19-,20?,21?,24?,25?,30-,58?,59?/m1/s1.